The quantitative estimate of drug-likeness (QED) is 0.518. The van der Waals surface area contributed by atoms with Crippen LogP contribution in [0.5, 0.6) is 0 Å². The van der Waals surface area contributed by atoms with Crippen molar-refractivity contribution in [1.29, 1.82) is 0 Å². The topological polar surface area (TPSA) is 93.7 Å². The Labute approximate surface area is 181 Å². The van der Waals surface area contributed by atoms with Gasteiger partial charge in [-0.15, -0.1) is 0 Å². The lowest BCUT2D eigenvalue weighted by Crippen LogP contribution is -2.47. The minimum atomic E-state index is -1.01. The van der Waals surface area contributed by atoms with Crippen molar-refractivity contribution in [3.63, 3.8) is 0 Å². The number of piperidine rings is 1. The van der Waals surface area contributed by atoms with Crippen LogP contribution in [0.15, 0.2) is 48.5 Å². The number of hydrogen-bond donors (Lipinski definition) is 4. The van der Waals surface area contributed by atoms with Gasteiger partial charge in [0, 0.05) is 37.9 Å². The maximum Gasteiger partial charge on any atom is 0.404 e. The number of carbonyl (C=O) groups is 2. The molecule has 1 fully saturated rings. The molecule has 166 valence electrons. The number of likely N-dealkylation sites (tertiary alicyclic amines) is 1. The zero-order valence-corrected chi connectivity index (χ0v) is 17.4. The Morgan fingerprint density at radius 2 is 1.45 bits per heavy atom. The molecular formula is C23H29FN4O3. The molecule has 0 aromatic heterocycles. The fraction of sp³-hybridized carbons (Fsp3) is 0.391. The highest BCUT2D eigenvalue weighted by Gasteiger charge is 2.22. The molecule has 8 heteroatoms. The highest BCUT2D eigenvalue weighted by atomic mass is 19.1. The largest absolute Gasteiger partial charge is 0.465 e. The standard InChI is InChI=1S/C23H29FN4O3/c24-19-5-1-17(2-6-19)9-13-25-22(29)28-15-11-21(12-16-28)27-20-7-3-18(4-8-20)10-14-26-23(30)31/h1-8,21,26-27H,9-16H2,(H,25,29)(H,30,31). The molecule has 31 heavy (non-hydrogen) atoms. The van der Waals surface area contributed by atoms with Crippen molar-refractivity contribution in [2.24, 2.45) is 0 Å². The summed E-state index contributed by atoms with van der Waals surface area (Å²) in [6.45, 7) is 2.31. The van der Waals surface area contributed by atoms with Gasteiger partial charge < -0.3 is 26.0 Å². The van der Waals surface area contributed by atoms with Gasteiger partial charge in [0.2, 0.25) is 0 Å². The van der Waals surface area contributed by atoms with E-state index < -0.39 is 6.09 Å². The Kier molecular flexibility index (Phi) is 8.09. The summed E-state index contributed by atoms with van der Waals surface area (Å²) in [5.41, 5.74) is 3.09. The number of nitrogens with one attached hydrogen (secondary N) is 3. The maximum absolute atomic E-state index is 12.9. The molecule has 4 N–H and O–H groups in total. The zero-order valence-electron chi connectivity index (χ0n) is 17.4. The zero-order chi connectivity index (χ0) is 22.1. The predicted octanol–water partition coefficient (Wildman–Crippen LogP) is 3.46. The molecule has 0 spiro atoms. The number of halogens is 1. The second-order valence-electron chi connectivity index (χ2n) is 7.69. The number of anilines is 1. The number of benzene rings is 2. The molecule has 7 nitrogen and oxygen atoms in total. The van der Waals surface area contributed by atoms with Gasteiger partial charge in [-0.2, -0.15) is 0 Å². The molecule has 1 saturated heterocycles. The summed E-state index contributed by atoms with van der Waals surface area (Å²) >= 11 is 0. The second kappa shape index (κ2) is 11.2. The van der Waals surface area contributed by atoms with Gasteiger partial charge in [-0.05, 0) is 61.1 Å². The molecule has 3 amide bonds. The van der Waals surface area contributed by atoms with E-state index in [2.05, 4.69) is 16.0 Å². The van der Waals surface area contributed by atoms with Crippen LogP contribution in [0.3, 0.4) is 0 Å². The van der Waals surface area contributed by atoms with Crippen molar-refractivity contribution in [2.45, 2.75) is 31.7 Å². The number of rotatable bonds is 8. The molecule has 1 heterocycles. The minimum Gasteiger partial charge on any atom is -0.465 e. The van der Waals surface area contributed by atoms with Crippen molar-refractivity contribution in [3.05, 3.63) is 65.5 Å². The molecule has 0 atom stereocenters. The first-order valence-corrected chi connectivity index (χ1v) is 10.6. The third-order valence-electron chi connectivity index (χ3n) is 5.40. The lowest BCUT2D eigenvalue weighted by atomic mass is 10.0. The van der Waals surface area contributed by atoms with Crippen molar-refractivity contribution in [3.8, 4) is 0 Å². The van der Waals surface area contributed by atoms with Gasteiger partial charge in [0.25, 0.3) is 0 Å². The van der Waals surface area contributed by atoms with E-state index in [1.54, 1.807) is 12.1 Å². The Hall–Kier alpha value is -3.29. The number of nitrogens with zero attached hydrogens (tertiary/aromatic N) is 1. The van der Waals surface area contributed by atoms with Crippen molar-refractivity contribution < 1.29 is 19.1 Å². The maximum atomic E-state index is 12.9. The Balaban J connectivity index is 1.34. The average Bonchev–Trinajstić information content (AvgIpc) is 2.76. The predicted molar refractivity (Wildman–Crippen MR) is 118 cm³/mol. The minimum absolute atomic E-state index is 0.0557. The van der Waals surface area contributed by atoms with E-state index in [-0.39, 0.29) is 11.8 Å². The summed E-state index contributed by atoms with van der Waals surface area (Å²) in [5, 5.41) is 17.4. The van der Waals surface area contributed by atoms with Crippen LogP contribution in [0, 0.1) is 5.82 Å². The van der Waals surface area contributed by atoms with Gasteiger partial charge in [0.1, 0.15) is 5.82 Å². The Bertz CT molecular complexity index is 850. The third kappa shape index (κ3) is 7.47. The highest BCUT2D eigenvalue weighted by molar-refractivity contribution is 5.74. The lowest BCUT2D eigenvalue weighted by Gasteiger charge is -2.33. The number of hydrogen-bond acceptors (Lipinski definition) is 3. The van der Waals surface area contributed by atoms with Crippen molar-refractivity contribution in [2.75, 3.05) is 31.5 Å². The first-order valence-electron chi connectivity index (χ1n) is 10.6. The number of carboxylic acid groups (broad SMARTS) is 1. The van der Waals surface area contributed by atoms with Crippen LogP contribution < -0.4 is 16.0 Å². The summed E-state index contributed by atoms with van der Waals surface area (Å²) < 4.78 is 12.9. The monoisotopic (exact) mass is 428 g/mol. The molecule has 1 aliphatic rings. The Morgan fingerprint density at radius 1 is 0.903 bits per heavy atom. The molecule has 3 rings (SSSR count). The second-order valence-corrected chi connectivity index (χ2v) is 7.69. The lowest BCUT2D eigenvalue weighted by molar-refractivity contribution is 0.184. The third-order valence-corrected chi connectivity index (χ3v) is 5.40. The van der Waals surface area contributed by atoms with E-state index in [0.717, 1.165) is 29.7 Å². The molecule has 1 aliphatic heterocycles. The number of amides is 3. The van der Waals surface area contributed by atoms with E-state index in [9.17, 15) is 14.0 Å². The summed E-state index contributed by atoms with van der Waals surface area (Å²) in [6, 6.07) is 14.6. The summed E-state index contributed by atoms with van der Waals surface area (Å²) in [7, 11) is 0. The summed E-state index contributed by atoms with van der Waals surface area (Å²) in [4.78, 5) is 24.7. The van der Waals surface area contributed by atoms with Gasteiger partial charge in [-0.1, -0.05) is 24.3 Å². The molecule has 0 radical (unpaired) electrons. The molecule has 0 aliphatic carbocycles. The van der Waals surface area contributed by atoms with Gasteiger partial charge in [0.15, 0.2) is 0 Å². The number of urea groups is 1. The fourth-order valence-electron chi connectivity index (χ4n) is 3.62. The van der Waals surface area contributed by atoms with Gasteiger partial charge in [-0.3, -0.25) is 0 Å². The number of carbonyl (C=O) groups excluding carboxylic acids is 1. The molecule has 0 unspecified atom stereocenters. The first kappa shape index (κ1) is 22.4. The van der Waals surface area contributed by atoms with E-state index in [0.29, 0.717) is 45.1 Å². The van der Waals surface area contributed by atoms with Crippen LogP contribution in [0.2, 0.25) is 0 Å². The molecular weight excluding hydrogens is 399 g/mol. The van der Waals surface area contributed by atoms with Crippen LogP contribution in [0.1, 0.15) is 24.0 Å². The normalized spacial score (nSPS) is 14.2. The summed E-state index contributed by atoms with van der Waals surface area (Å²) in [5.74, 6) is -0.256. The van der Waals surface area contributed by atoms with E-state index in [1.807, 2.05) is 29.2 Å². The molecule has 2 aromatic rings. The average molecular weight is 429 g/mol. The van der Waals surface area contributed by atoms with Crippen LogP contribution in [-0.2, 0) is 12.8 Å². The van der Waals surface area contributed by atoms with Crippen LogP contribution in [0.4, 0.5) is 19.7 Å². The smallest absolute Gasteiger partial charge is 0.404 e. The van der Waals surface area contributed by atoms with Crippen LogP contribution >= 0.6 is 0 Å². The summed E-state index contributed by atoms with van der Waals surface area (Å²) in [6.07, 6.45) is 2.06. The Morgan fingerprint density at radius 3 is 2.03 bits per heavy atom. The van der Waals surface area contributed by atoms with Gasteiger partial charge >= 0.3 is 12.1 Å². The fourth-order valence-corrected chi connectivity index (χ4v) is 3.62. The van der Waals surface area contributed by atoms with Crippen LogP contribution in [0.25, 0.3) is 0 Å². The molecule has 0 bridgehead atoms. The van der Waals surface area contributed by atoms with Gasteiger partial charge in [0.05, 0.1) is 0 Å². The van der Waals surface area contributed by atoms with Gasteiger partial charge in [-0.25, -0.2) is 14.0 Å². The van der Waals surface area contributed by atoms with E-state index in [1.165, 1.54) is 12.1 Å². The van der Waals surface area contributed by atoms with Crippen molar-refractivity contribution >= 4 is 17.8 Å². The SMILES string of the molecule is O=C(O)NCCc1ccc(NC2CCN(C(=O)NCCc3ccc(F)cc3)CC2)cc1. The van der Waals surface area contributed by atoms with E-state index >= 15 is 0 Å². The van der Waals surface area contributed by atoms with Crippen molar-refractivity contribution in [1.82, 2.24) is 15.5 Å². The van der Waals surface area contributed by atoms with E-state index in [4.69, 9.17) is 5.11 Å². The highest BCUT2D eigenvalue weighted by Crippen LogP contribution is 2.17. The molecule has 0 saturated carbocycles. The first-order chi connectivity index (χ1) is 15.0. The van der Waals surface area contributed by atoms with Crippen LogP contribution in [-0.4, -0.2) is 54.4 Å². The molecule has 2 aromatic carbocycles.